The topological polar surface area (TPSA) is 56.3 Å². The summed E-state index contributed by atoms with van der Waals surface area (Å²) < 4.78 is 5.48. The van der Waals surface area contributed by atoms with Crippen LogP contribution in [0.25, 0.3) is 0 Å². The van der Waals surface area contributed by atoms with Gasteiger partial charge in [0.2, 0.25) is 5.91 Å². The number of carbonyl (C=O) groups is 2. The molecule has 2 amide bonds. The van der Waals surface area contributed by atoms with E-state index in [4.69, 9.17) is 4.74 Å². The minimum Gasteiger partial charge on any atom is -0.444 e. The predicted octanol–water partition coefficient (Wildman–Crippen LogP) is 3.30. The number of amides is 2. The van der Waals surface area contributed by atoms with Crippen molar-refractivity contribution >= 4 is 12.0 Å². The molecule has 1 atom stereocenters. The summed E-state index contributed by atoms with van der Waals surface area (Å²) in [5.74, 6) is 0.194. The maximum Gasteiger partial charge on any atom is 0.410 e. The second kappa shape index (κ2) is 10.4. The Morgan fingerprint density at radius 2 is 1.48 bits per heavy atom. The van der Waals surface area contributed by atoms with Crippen LogP contribution in [0.3, 0.4) is 0 Å². The average Bonchev–Trinajstić information content (AvgIpc) is 2.73. The van der Waals surface area contributed by atoms with E-state index >= 15 is 0 Å². The van der Waals surface area contributed by atoms with Gasteiger partial charge in [-0.15, -0.1) is 0 Å². The number of rotatable bonds is 4. The van der Waals surface area contributed by atoms with Gasteiger partial charge in [-0.2, -0.15) is 0 Å². The number of carbonyl (C=O) groups excluding carboxylic acids is 2. The number of piperazine rings is 2. The Labute approximate surface area is 199 Å². The summed E-state index contributed by atoms with van der Waals surface area (Å²) in [5.41, 5.74) is 0.822. The van der Waals surface area contributed by atoms with Gasteiger partial charge in [0.05, 0.1) is 6.54 Å². The zero-order valence-electron chi connectivity index (χ0n) is 21.3. The van der Waals surface area contributed by atoms with Crippen LogP contribution < -0.4 is 0 Å². The minimum absolute atomic E-state index is 0.000426. The molecule has 184 valence electrons. The largest absolute Gasteiger partial charge is 0.444 e. The molecule has 0 N–H and O–H groups in total. The fraction of sp³-hybridized carbons (Fsp3) is 0.692. The van der Waals surface area contributed by atoms with Crippen molar-refractivity contribution in [2.45, 2.75) is 59.7 Å². The molecule has 0 spiro atoms. The smallest absolute Gasteiger partial charge is 0.410 e. The molecule has 0 aliphatic carbocycles. The number of benzene rings is 1. The molecule has 0 aromatic heterocycles. The summed E-state index contributed by atoms with van der Waals surface area (Å²) in [7, 11) is 0. The van der Waals surface area contributed by atoms with Gasteiger partial charge in [0.15, 0.2) is 0 Å². The van der Waals surface area contributed by atoms with Gasteiger partial charge in [0, 0.05) is 58.4 Å². The maximum atomic E-state index is 13.4. The molecule has 2 heterocycles. The van der Waals surface area contributed by atoms with Gasteiger partial charge in [-0.05, 0) is 31.7 Å². The molecule has 2 aliphatic rings. The second-order valence-electron chi connectivity index (χ2n) is 11.4. The Bertz CT molecular complexity index is 792. The molecule has 0 unspecified atom stereocenters. The summed E-state index contributed by atoms with van der Waals surface area (Å²) in [6, 6.07) is 10.7. The lowest BCUT2D eigenvalue weighted by Gasteiger charge is -2.48. The van der Waals surface area contributed by atoms with E-state index in [0.717, 1.165) is 26.2 Å². The standard InChI is InChI=1S/C26H42N4O3/c1-25(2,3)22-19-28(18-21-10-8-7-9-11-21)14-17-30(22)23(31)20-27-12-15-29(16-13-27)24(32)33-26(4,5)6/h7-11,22H,12-20H2,1-6H3/t22-/m1/s1. The quantitative estimate of drug-likeness (QED) is 0.693. The first-order chi connectivity index (χ1) is 15.4. The molecule has 0 bridgehead atoms. The fourth-order valence-corrected chi connectivity index (χ4v) is 4.56. The summed E-state index contributed by atoms with van der Waals surface area (Å²) in [6.07, 6.45) is -0.268. The lowest BCUT2D eigenvalue weighted by atomic mass is 9.84. The van der Waals surface area contributed by atoms with E-state index < -0.39 is 5.60 Å². The van der Waals surface area contributed by atoms with E-state index in [1.807, 2.05) is 26.8 Å². The average molecular weight is 459 g/mol. The third-order valence-electron chi connectivity index (χ3n) is 6.42. The normalized spacial score (nSPS) is 21.2. The van der Waals surface area contributed by atoms with Crippen molar-refractivity contribution in [2.75, 3.05) is 52.4 Å². The van der Waals surface area contributed by atoms with Gasteiger partial charge in [-0.1, -0.05) is 51.1 Å². The number of hydrogen-bond donors (Lipinski definition) is 0. The molecule has 1 aromatic carbocycles. The molecule has 1 aromatic rings. The lowest BCUT2D eigenvalue weighted by molar-refractivity contribution is -0.141. The Morgan fingerprint density at radius 3 is 2.06 bits per heavy atom. The molecule has 2 saturated heterocycles. The van der Waals surface area contributed by atoms with Gasteiger partial charge in [-0.3, -0.25) is 14.6 Å². The number of ether oxygens (including phenoxy) is 1. The van der Waals surface area contributed by atoms with Crippen LogP contribution in [0.1, 0.15) is 47.1 Å². The molecule has 2 fully saturated rings. The zero-order chi connectivity index (χ0) is 24.2. The highest BCUT2D eigenvalue weighted by Gasteiger charge is 2.38. The predicted molar refractivity (Wildman–Crippen MR) is 131 cm³/mol. The summed E-state index contributed by atoms with van der Waals surface area (Å²) >= 11 is 0. The first-order valence-corrected chi connectivity index (χ1v) is 12.2. The van der Waals surface area contributed by atoms with Crippen LogP contribution in [0.5, 0.6) is 0 Å². The molecule has 7 nitrogen and oxygen atoms in total. The molecule has 2 aliphatic heterocycles. The van der Waals surface area contributed by atoms with E-state index in [-0.39, 0.29) is 23.5 Å². The first kappa shape index (κ1) is 25.5. The van der Waals surface area contributed by atoms with Gasteiger partial charge < -0.3 is 14.5 Å². The van der Waals surface area contributed by atoms with E-state index in [0.29, 0.717) is 32.7 Å². The molecule has 33 heavy (non-hydrogen) atoms. The highest BCUT2D eigenvalue weighted by atomic mass is 16.6. The van der Waals surface area contributed by atoms with Crippen molar-refractivity contribution < 1.29 is 14.3 Å². The van der Waals surface area contributed by atoms with E-state index in [1.54, 1.807) is 4.90 Å². The van der Waals surface area contributed by atoms with E-state index in [9.17, 15) is 9.59 Å². The van der Waals surface area contributed by atoms with Crippen LogP contribution in [-0.2, 0) is 16.1 Å². The second-order valence-corrected chi connectivity index (χ2v) is 11.4. The van der Waals surface area contributed by atoms with Crippen molar-refractivity contribution in [3.05, 3.63) is 35.9 Å². The Kier molecular flexibility index (Phi) is 8.06. The van der Waals surface area contributed by atoms with Crippen molar-refractivity contribution in [2.24, 2.45) is 5.41 Å². The van der Waals surface area contributed by atoms with Crippen LogP contribution in [0.15, 0.2) is 30.3 Å². The van der Waals surface area contributed by atoms with Gasteiger partial charge in [-0.25, -0.2) is 4.79 Å². The van der Waals surface area contributed by atoms with Crippen molar-refractivity contribution in [3.8, 4) is 0 Å². The fourth-order valence-electron chi connectivity index (χ4n) is 4.56. The van der Waals surface area contributed by atoms with Gasteiger partial charge >= 0.3 is 6.09 Å². The van der Waals surface area contributed by atoms with Crippen LogP contribution in [0.2, 0.25) is 0 Å². The van der Waals surface area contributed by atoms with Gasteiger partial charge in [0.1, 0.15) is 5.60 Å². The lowest BCUT2D eigenvalue weighted by Crippen LogP contribution is -2.61. The SMILES string of the molecule is CC(C)(C)OC(=O)N1CCN(CC(=O)N2CCN(Cc3ccccc3)C[C@@H]2C(C)(C)C)CC1. The monoisotopic (exact) mass is 458 g/mol. The molecule has 0 radical (unpaired) electrons. The third kappa shape index (κ3) is 7.44. The number of nitrogens with zero attached hydrogens (tertiary/aromatic N) is 4. The molecule has 0 saturated carbocycles. The van der Waals surface area contributed by atoms with Crippen molar-refractivity contribution in [3.63, 3.8) is 0 Å². The Balaban J connectivity index is 1.54. The maximum absolute atomic E-state index is 13.4. The summed E-state index contributed by atoms with van der Waals surface area (Å²) in [6.45, 7) is 18.7. The molecular formula is C26H42N4O3. The van der Waals surface area contributed by atoms with Gasteiger partial charge in [0.25, 0.3) is 0 Å². The summed E-state index contributed by atoms with van der Waals surface area (Å²) in [4.78, 5) is 34.1. The van der Waals surface area contributed by atoms with Crippen molar-refractivity contribution in [1.82, 2.24) is 19.6 Å². The highest BCUT2D eigenvalue weighted by molar-refractivity contribution is 5.79. The molecule has 3 rings (SSSR count). The Morgan fingerprint density at radius 1 is 0.879 bits per heavy atom. The Hall–Kier alpha value is -2.12. The highest BCUT2D eigenvalue weighted by Crippen LogP contribution is 2.28. The zero-order valence-corrected chi connectivity index (χ0v) is 21.3. The van der Waals surface area contributed by atoms with E-state index in [1.165, 1.54) is 5.56 Å². The third-order valence-corrected chi connectivity index (χ3v) is 6.42. The molecule has 7 heteroatoms. The first-order valence-electron chi connectivity index (χ1n) is 12.2. The van der Waals surface area contributed by atoms with E-state index in [2.05, 4.69) is 59.7 Å². The summed E-state index contributed by atoms with van der Waals surface area (Å²) in [5, 5.41) is 0. The van der Waals surface area contributed by atoms with Crippen LogP contribution >= 0.6 is 0 Å². The van der Waals surface area contributed by atoms with Crippen LogP contribution in [0.4, 0.5) is 4.79 Å². The van der Waals surface area contributed by atoms with Crippen LogP contribution in [-0.4, -0.2) is 95.6 Å². The van der Waals surface area contributed by atoms with Crippen LogP contribution in [0, 0.1) is 5.41 Å². The molecular weight excluding hydrogens is 416 g/mol. The number of hydrogen-bond acceptors (Lipinski definition) is 5. The van der Waals surface area contributed by atoms with Crippen molar-refractivity contribution in [1.29, 1.82) is 0 Å². The minimum atomic E-state index is -0.491.